The van der Waals surface area contributed by atoms with Gasteiger partial charge in [-0.2, -0.15) is 0 Å². The van der Waals surface area contributed by atoms with Gasteiger partial charge in [-0.1, -0.05) is 0 Å². The van der Waals surface area contributed by atoms with Gasteiger partial charge >= 0.3 is 0 Å². The Balaban J connectivity index is 1.95. The highest BCUT2D eigenvalue weighted by atomic mass is 16.5. The smallest absolute Gasteiger partial charge is 0.0634 e. The van der Waals surface area contributed by atoms with E-state index < -0.39 is 0 Å². The molecule has 0 radical (unpaired) electrons. The van der Waals surface area contributed by atoms with Gasteiger partial charge in [0.1, 0.15) is 0 Å². The summed E-state index contributed by atoms with van der Waals surface area (Å²) < 4.78 is 10.7. The lowest BCUT2D eigenvalue weighted by Gasteiger charge is -2.27. The van der Waals surface area contributed by atoms with Crippen LogP contribution in [0.4, 0.5) is 0 Å². The van der Waals surface area contributed by atoms with Crippen LogP contribution in [-0.2, 0) is 9.47 Å². The molecule has 0 spiro atoms. The Morgan fingerprint density at radius 1 is 1.25 bits per heavy atom. The number of ether oxygens (including phenoxy) is 2. The lowest BCUT2D eigenvalue weighted by Crippen LogP contribution is -2.41. The van der Waals surface area contributed by atoms with Crippen LogP contribution < -0.4 is 5.32 Å². The second kappa shape index (κ2) is 7.22. The minimum absolute atomic E-state index is 0.00797. The van der Waals surface area contributed by atoms with Crippen molar-refractivity contribution in [2.75, 3.05) is 53.0 Å². The summed E-state index contributed by atoms with van der Waals surface area (Å²) in [6.45, 7) is 11.4. The Labute approximate surface area is 99.3 Å². The number of methoxy groups -OCH3 is 1. The molecule has 0 unspecified atom stereocenters. The molecule has 0 saturated carbocycles. The van der Waals surface area contributed by atoms with Crippen molar-refractivity contribution >= 4 is 0 Å². The monoisotopic (exact) mass is 230 g/mol. The number of hydrogen-bond donors (Lipinski definition) is 1. The first-order valence-electron chi connectivity index (χ1n) is 6.20. The molecule has 1 fully saturated rings. The number of rotatable bonds is 7. The summed E-state index contributed by atoms with van der Waals surface area (Å²) in [6.07, 6.45) is 1.05. The molecule has 0 amide bonds. The Hall–Kier alpha value is -0.160. The average Bonchev–Trinajstić information content (AvgIpc) is 2.30. The first kappa shape index (κ1) is 13.9. The van der Waals surface area contributed by atoms with E-state index in [4.69, 9.17) is 9.47 Å². The molecule has 1 saturated heterocycles. The standard InChI is InChI=1S/C12H26N2O2/c1-12(2,15-3)4-5-13-6-7-14-8-10-16-11-9-14/h13H,4-11H2,1-3H3. The molecular formula is C12H26N2O2. The summed E-state index contributed by atoms with van der Waals surface area (Å²) in [5.41, 5.74) is -0.00797. The zero-order chi connectivity index (χ0) is 11.9. The van der Waals surface area contributed by atoms with Crippen molar-refractivity contribution in [1.29, 1.82) is 0 Å². The summed E-state index contributed by atoms with van der Waals surface area (Å²) in [4.78, 5) is 2.44. The van der Waals surface area contributed by atoms with Gasteiger partial charge in [-0.25, -0.2) is 0 Å². The molecule has 0 aromatic carbocycles. The van der Waals surface area contributed by atoms with E-state index in [0.29, 0.717) is 0 Å². The molecule has 4 nitrogen and oxygen atoms in total. The summed E-state index contributed by atoms with van der Waals surface area (Å²) in [7, 11) is 1.77. The van der Waals surface area contributed by atoms with Crippen LogP contribution >= 0.6 is 0 Å². The van der Waals surface area contributed by atoms with E-state index in [2.05, 4.69) is 24.1 Å². The van der Waals surface area contributed by atoms with Gasteiger partial charge in [-0.15, -0.1) is 0 Å². The Bertz CT molecular complexity index is 180. The maximum absolute atomic E-state index is 5.37. The van der Waals surface area contributed by atoms with Crippen LogP contribution in [0.25, 0.3) is 0 Å². The normalized spacial score (nSPS) is 18.9. The summed E-state index contributed by atoms with van der Waals surface area (Å²) in [6, 6.07) is 0. The molecule has 0 bridgehead atoms. The fourth-order valence-corrected chi connectivity index (χ4v) is 1.68. The fourth-order valence-electron chi connectivity index (χ4n) is 1.68. The molecule has 1 aliphatic heterocycles. The molecule has 0 aliphatic carbocycles. The zero-order valence-corrected chi connectivity index (χ0v) is 10.9. The van der Waals surface area contributed by atoms with Crippen LogP contribution in [0.5, 0.6) is 0 Å². The van der Waals surface area contributed by atoms with E-state index in [-0.39, 0.29) is 5.60 Å². The Morgan fingerprint density at radius 3 is 2.56 bits per heavy atom. The largest absolute Gasteiger partial charge is 0.379 e. The van der Waals surface area contributed by atoms with Crippen LogP contribution in [0.2, 0.25) is 0 Å². The van der Waals surface area contributed by atoms with Gasteiger partial charge in [0.05, 0.1) is 18.8 Å². The number of nitrogens with one attached hydrogen (secondary N) is 1. The SMILES string of the molecule is COC(C)(C)CCNCCN1CCOCC1. The molecular weight excluding hydrogens is 204 g/mol. The van der Waals surface area contributed by atoms with Crippen LogP contribution in [-0.4, -0.2) is 63.5 Å². The molecule has 0 aromatic rings. The molecule has 1 heterocycles. The molecule has 96 valence electrons. The summed E-state index contributed by atoms with van der Waals surface area (Å²) in [5.74, 6) is 0. The minimum atomic E-state index is -0.00797. The van der Waals surface area contributed by atoms with Crippen molar-refractivity contribution in [3.05, 3.63) is 0 Å². The second-order valence-electron chi connectivity index (χ2n) is 4.92. The highest BCUT2D eigenvalue weighted by Crippen LogP contribution is 2.11. The second-order valence-corrected chi connectivity index (χ2v) is 4.92. The Kier molecular flexibility index (Phi) is 6.28. The van der Waals surface area contributed by atoms with Crippen molar-refractivity contribution in [1.82, 2.24) is 10.2 Å². The lowest BCUT2D eigenvalue weighted by molar-refractivity contribution is 0.0152. The zero-order valence-electron chi connectivity index (χ0n) is 10.9. The van der Waals surface area contributed by atoms with Crippen LogP contribution in [0.3, 0.4) is 0 Å². The molecule has 0 atom stereocenters. The van der Waals surface area contributed by atoms with Crippen LogP contribution in [0.1, 0.15) is 20.3 Å². The third-order valence-corrected chi connectivity index (χ3v) is 3.16. The van der Waals surface area contributed by atoms with E-state index in [1.54, 1.807) is 7.11 Å². The van der Waals surface area contributed by atoms with Gasteiger partial charge in [0.15, 0.2) is 0 Å². The van der Waals surface area contributed by atoms with Crippen molar-refractivity contribution in [2.45, 2.75) is 25.9 Å². The predicted molar refractivity (Wildman–Crippen MR) is 65.8 cm³/mol. The molecule has 0 aromatic heterocycles. The third kappa shape index (κ3) is 5.80. The van der Waals surface area contributed by atoms with Gasteiger partial charge < -0.3 is 14.8 Å². The van der Waals surface area contributed by atoms with Crippen LogP contribution in [0, 0.1) is 0 Å². The fraction of sp³-hybridized carbons (Fsp3) is 1.00. The van der Waals surface area contributed by atoms with E-state index in [0.717, 1.165) is 52.4 Å². The van der Waals surface area contributed by atoms with E-state index in [1.807, 2.05) is 0 Å². The molecule has 1 N–H and O–H groups in total. The van der Waals surface area contributed by atoms with E-state index >= 15 is 0 Å². The van der Waals surface area contributed by atoms with E-state index in [9.17, 15) is 0 Å². The summed E-state index contributed by atoms with van der Waals surface area (Å²) in [5, 5.41) is 3.46. The Morgan fingerprint density at radius 2 is 1.94 bits per heavy atom. The minimum Gasteiger partial charge on any atom is -0.379 e. The molecule has 1 rings (SSSR count). The van der Waals surface area contributed by atoms with Gasteiger partial charge in [-0.05, 0) is 26.8 Å². The topological polar surface area (TPSA) is 33.7 Å². The first-order chi connectivity index (χ1) is 7.64. The highest BCUT2D eigenvalue weighted by Gasteiger charge is 2.15. The first-order valence-corrected chi connectivity index (χ1v) is 6.20. The number of hydrogen-bond acceptors (Lipinski definition) is 4. The third-order valence-electron chi connectivity index (χ3n) is 3.16. The maximum atomic E-state index is 5.37. The highest BCUT2D eigenvalue weighted by molar-refractivity contribution is 4.69. The van der Waals surface area contributed by atoms with E-state index in [1.165, 1.54) is 0 Å². The average molecular weight is 230 g/mol. The van der Waals surface area contributed by atoms with Crippen LogP contribution in [0.15, 0.2) is 0 Å². The van der Waals surface area contributed by atoms with Crippen molar-refractivity contribution in [3.8, 4) is 0 Å². The van der Waals surface area contributed by atoms with Crippen molar-refractivity contribution in [2.24, 2.45) is 0 Å². The van der Waals surface area contributed by atoms with Gasteiger partial charge in [0, 0.05) is 33.3 Å². The van der Waals surface area contributed by atoms with Gasteiger partial charge in [0.25, 0.3) is 0 Å². The molecule has 4 heteroatoms. The summed E-state index contributed by atoms with van der Waals surface area (Å²) >= 11 is 0. The van der Waals surface area contributed by atoms with Gasteiger partial charge in [-0.3, -0.25) is 4.90 Å². The maximum Gasteiger partial charge on any atom is 0.0634 e. The number of nitrogens with zero attached hydrogens (tertiary/aromatic N) is 1. The van der Waals surface area contributed by atoms with Gasteiger partial charge in [0.2, 0.25) is 0 Å². The predicted octanol–water partition coefficient (Wildman–Crippen LogP) is 0.723. The molecule has 16 heavy (non-hydrogen) atoms. The number of morpholine rings is 1. The molecule has 1 aliphatic rings. The van der Waals surface area contributed by atoms with Crippen molar-refractivity contribution in [3.63, 3.8) is 0 Å². The lowest BCUT2D eigenvalue weighted by atomic mass is 10.1. The van der Waals surface area contributed by atoms with Crippen molar-refractivity contribution < 1.29 is 9.47 Å². The quantitative estimate of drug-likeness (QED) is 0.654.